The molecular weight excluding hydrogens is 269 g/mol. The highest BCUT2D eigenvalue weighted by Gasteiger charge is 2.10. The van der Waals surface area contributed by atoms with Gasteiger partial charge in [0.25, 0.3) is 0 Å². The number of carbonyl (C=O) groups is 1. The quantitative estimate of drug-likeness (QED) is 0.819. The van der Waals surface area contributed by atoms with E-state index >= 15 is 0 Å². The van der Waals surface area contributed by atoms with Crippen LogP contribution in [0.3, 0.4) is 0 Å². The van der Waals surface area contributed by atoms with Gasteiger partial charge in [0.15, 0.2) is 5.78 Å². The van der Waals surface area contributed by atoms with Crippen molar-refractivity contribution in [2.24, 2.45) is 0 Å². The molecule has 0 atom stereocenters. The monoisotopic (exact) mass is 287 g/mol. The lowest BCUT2D eigenvalue weighted by molar-refractivity contribution is 0.101. The summed E-state index contributed by atoms with van der Waals surface area (Å²) in [5.74, 6) is 0.115. The first-order valence-corrected chi connectivity index (χ1v) is 6.80. The van der Waals surface area contributed by atoms with E-state index in [0.29, 0.717) is 17.0 Å². The van der Waals surface area contributed by atoms with Crippen LogP contribution in [0.4, 0.5) is 15.8 Å². The number of ether oxygens (including phenoxy) is 1. The van der Waals surface area contributed by atoms with Crippen LogP contribution < -0.4 is 10.1 Å². The number of hydrogen-bond donors (Lipinski definition) is 1. The van der Waals surface area contributed by atoms with Gasteiger partial charge in [-0.1, -0.05) is 12.1 Å². The predicted molar refractivity (Wildman–Crippen MR) is 81.9 cm³/mol. The Morgan fingerprint density at radius 3 is 2.52 bits per heavy atom. The van der Waals surface area contributed by atoms with Crippen LogP contribution in [0.2, 0.25) is 0 Å². The zero-order valence-corrected chi connectivity index (χ0v) is 12.3. The van der Waals surface area contributed by atoms with Crippen molar-refractivity contribution in [1.82, 2.24) is 0 Å². The van der Waals surface area contributed by atoms with Gasteiger partial charge in [-0.2, -0.15) is 0 Å². The summed E-state index contributed by atoms with van der Waals surface area (Å²) in [6, 6.07) is 11.6. The number of rotatable bonds is 5. The van der Waals surface area contributed by atoms with Crippen LogP contribution in [0, 0.1) is 5.82 Å². The Morgan fingerprint density at radius 2 is 1.86 bits per heavy atom. The van der Waals surface area contributed by atoms with Crippen molar-refractivity contribution in [3.05, 3.63) is 53.8 Å². The highest BCUT2D eigenvalue weighted by Crippen LogP contribution is 2.29. The van der Waals surface area contributed by atoms with Gasteiger partial charge in [0, 0.05) is 5.56 Å². The standard InChI is InChI=1S/C17H18FNO2/c1-11(2)21-17-7-5-4-6-15(17)19-16-10-13(12(3)20)8-9-14(16)18/h4-11,19H,1-3H3. The summed E-state index contributed by atoms with van der Waals surface area (Å²) in [5, 5.41) is 2.99. The molecule has 4 heteroatoms. The summed E-state index contributed by atoms with van der Waals surface area (Å²) in [4.78, 5) is 11.4. The maximum Gasteiger partial charge on any atom is 0.159 e. The first-order valence-electron chi connectivity index (χ1n) is 6.80. The second-order valence-corrected chi connectivity index (χ2v) is 5.04. The lowest BCUT2D eigenvalue weighted by atomic mass is 10.1. The molecule has 0 radical (unpaired) electrons. The number of anilines is 2. The van der Waals surface area contributed by atoms with Crippen molar-refractivity contribution < 1.29 is 13.9 Å². The summed E-state index contributed by atoms with van der Waals surface area (Å²) < 4.78 is 19.6. The molecule has 0 aliphatic carbocycles. The van der Waals surface area contributed by atoms with Gasteiger partial charge in [0.2, 0.25) is 0 Å². The Balaban J connectivity index is 2.34. The van der Waals surface area contributed by atoms with E-state index in [4.69, 9.17) is 4.74 Å². The lowest BCUT2D eigenvalue weighted by Crippen LogP contribution is -2.07. The maximum absolute atomic E-state index is 13.9. The molecule has 0 unspecified atom stereocenters. The highest BCUT2D eigenvalue weighted by molar-refractivity contribution is 5.95. The van der Waals surface area contributed by atoms with Crippen LogP contribution in [-0.2, 0) is 0 Å². The van der Waals surface area contributed by atoms with Crippen LogP contribution in [0.5, 0.6) is 5.75 Å². The average Bonchev–Trinajstić information content (AvgIpc) is 2.42. The second kappa shape index (κ2) is 6.39. The first-order chi connectivity index (χ1) is 9.97. The Hall–Kier alpha value is -2.36. The van der Waals surface area contributed by atoms with Crippen LogP contribution in [-0.4, -0.2) is 11.9 Å². The number of ketones is 1. The normalized spacial score (nSPS) is 10.5. The number of para-hydroxylation sites is 2. The lowest BCUT2D eigenvalue weighted by Gasteiger charge is -2.16. The second-order valence-electron chi connectivity index (χ2n) is 5.04. The fourth-order valence-electron chi connectivity index (χ4n) is 1.91. The van der Waals surface area contributed by atoms with Gasteiger partial charge >= 0.3 is 0 Å². The topological polar surface area (TPSA) is 38.3 Å². The molecule has 2 rings (SSSR count). The molecule has 0 saturated carbocycles. The van der Waals surface area contributed by atoms with E-state index in [1.807, 2.05) is 32.0 Å². The summed E-state index contributed by atoms with van der Waals surface area (Å²) in [6.07, 6.45) is 0.0151. The Labute approximate surface area is 123 Å². The van der Waals surface area contributed by atoms with Gasteiger partial charge in [-0.05, 0) is 51.1 Å². The minimum Gasteiger partial charge on any atom is -0.489 e. The zero-order valence-electron chi connectivity index (χ0n) is 12.3. The number of benzene rings is 2. The highest BCUT2D eigenvalue weighted by atomic mass is 19.1. The third kappa shape index (κ3) is 3.81. The van der Waals surface area contributed by atoms with Crippen molar-refractivity contribution in [1.29, 1.82) is 0 Å². The van der Waals surface area contributed by atoms with E-state index in [9.17, 15) is 9.18 Å². The van der Waals surface area contributed by atoms with Crippen molar-refractivity contribution in [3.8, 4) is 5.75 Å². The largest absolute Gasteiger partial charge is 0.489 e. The van der Waals surface area contributed by atoms with Crippen LogP contribution in [0.25, 0.3) is 0 Å². The van der Waals surface area contributed by atoms with Crippen LogP contribution in [0.1, 0.15) is 31.1 Å². The van der Waals surface area contributed by atoms with Crippen LogP contribution >= 0.6 is 0 Å². The van der Waals surface area contributed by atoms with Crippen molar-refractivity contribution in [2.75, 3.05) is 5.32 Å². The van der Waals surface area contributed by atoms with E-state index < -0.39 is 5.82 Å². The SMILES string of the molecule is CC(=O)c1ccc(F)c(Nc2ccccc2OC(C)C)c1. The van der Waals surface area contributed by atoms with Crippen molar-refractivity contribution in [3.63, 3.8) is 0 Å². The molecule has 0 saturated heterocycles. The van der Waals surface area contributed by atoms with Crippen molar-refractivity contribution >= 4 is 17.2 Å². The zero-order chi connectivity index (χ0) is 15.4. The molecule has 0 fully saturated rings. The molecule has 2 aromatic rings. The maximum atomic E-state index is 13.9. The molecule has 0 heterocycles. The number of halogens is 1. The molecule has 3 nitrogen and oxygen atoms in total. The van der Waals surface area contributed by atoms with Crippen molar-refractivity contribution in [2.45, 2.75) is 26.9 Å². The summed E-state index contributed by atoms with van der Waals surface area (Å²) in [7, 11) is 0. The van der Waals surface area contributed by atoms with E-state index in [1.165, 1.54) is 25.1 Å². The summed E-state index contributed by atoms with van der Waals surface area (Å²) in [6.45, 7) is 5.30. The van der Waals surface area contributed by atoms with E-state index in [1.54, 1.807) is 6.07 Å². The summed E-state index contributed by atoms with van der Waals surface area (Å²) in [5.41, 5.74) is 1.37. The van der Waals surface area contributed by atoms with Gasteiger partial charge in [0.05, 0.1) is 17.5 Å². The molecule has 0 bridgehead atoms. The molecule has 0 spiro atoms. The van der Waals surface area contributed by atoms with Gasteiger partial charge in [0.1, 0.15) is 11.6 Å². The number of nitrogens with one attached hydrogen (secondary N) is 1. The first kappa shape index (κ1) is 15.0. The molecule has 21 heavy (non-hydrogen) atoms. The molecule has 0 aliphatic rings. The Kier molecular flexibility index (Phi) is 4.58. The van der Waals surface area contributed by atoms with Gasteiger partial charge in [-0.3, -0.25) is 4.79 Å². The molecule has 110 valence electrons. The number of Topliss-reactive ketones (excluding diaryl/α,β-unsaturated/α-hetero) is 1. The predicted octanol–water partition coefficient (Wildman–Crippen LogP) is 4.56. The van der Waals surface area contributed by atoms with Gasteiger partial charge in [-0.25, -0.2) is 4.39 Å². The number of hydrogen-bond acceptors (Lipinski definition) is 3. The van der Waals surface area contributed by atoms with Crippen LogP contribution in [0.15, 0.2) is 42.5 Å². The molecular formula is C17H18FNO2. The summed E-state index contributed by atoms with van der Waals surface area (Å²) >= 11 is 0. The fourth-order valence-corrected chi connectivity index (χ4v) is 1.91. The molecule has 2 aromatic carbocycles. The van der Waals surface area contributed by atoms with E-state index in [-0.39, 0.29) is 17.6 Å². The minimum absolute atomic E-state index is 0.0151. The molecule has 0 amide bonds. The minimum atomic E-state index is -0.417. The Bertz CT molecular complexity index is 653. The number of carbonyl (C=O) groups excluding carboxylic acids is 1. The average molecular weight is 287 g/mol. The molecule has 1 N–H and O–H groups in total. The smallest absolute Gasteiger partial charge is 0.159 e. The third-order valence-corrected chi connectivity index (χ3v) is 2.89. The molecule has 0 aromatic heterocycles. The Morgan fingerprint density at radius 1 is 1.14 bits per heavy atom. The fraction of sp³-hybridized carbons (Fsp3) is 0.235. The molecule has 0 aliphatic heterocycles. The van der Waals surface area contributed by atoms with E-state index in [2.05, 4.69) is 5.32 Å². The van der Waals surface area contributed by atoms with Gasteiger partial charge < -0.3 is 10.1 Å². The van der Waals surface area contributed by atoms with E-state index in [0.717, 1.165) is 0 Å². The third-order valence-electron chi connectivity index (χ3n) is 2.89. The van der Waals surface area contributed by atoms with Gasteiger partial charge in [-0.15, -0.1) is 0 Å².